The number of hydrogen-bond acceptors (Lipinski definition) is 9. The van der Waals surface area contributed by atoms with Crippen LogP contribution < -0.4 is 15.2 Å². The molecule has 0 fully saturated rings. The third kappa shape index (κ3) is 8.06. The number of carbonyl (C=O) groups excluding carboxylic acids is 4. The summed E-state index contributed by atoms with van der Waals surface area (Å²) in [5.41, 5.74) is 4.59. The maximum absolute atomic E-state index is 12.7. The Hall–Kier alpha value is -2.94. The number of nitrogens with two attached hydrogens (primary N) is 1. The van der Waals surface area contributed by atoms with Crippen molar-refractivity contribution in [3.05, 3.63) is 23.8 Å². The second kappa shape index (κ2) is 13.8. The molecule has 1 aromatic carbocycles. The van der Waals surface area contributed by atoms with E-state index in [2.05, 4.69) is 0 Å². The Kier molecular flexibility index (Phi) is 11.9. The topological polar surface area (TPSA) is 131 Å². The van der Waals surface area contributed by atoms with Gasteiger partial charge in [-0.2, -0.15) is 0 Å². The Morgan fingerprint density at radius 1 is 0.914 bits per heavy atom. The van der Waals surface area contributed by atoms with Gasteiger partial charge in [-0.05, 0) is 37.0 Å². The van der Waals surface area contributed by atoms with Crippen LogP contribution in [0.1, 0.15) is 85.1 Å². The smallest absolute Gasteiger partial charge is 0.366 e. The van der Waals surface area contributed by atoms with Gasteiger partial charge in [-0.3, -0.25) is 20.1 Å². The van der Waals surface area contributed by atoms with Crippen molar-refractivity contribution in [2.45, 2.75) is 85.3 Å². The molecule has 196 valence electrons. The van der Waals surface area contributed by atoms with Crippen LogP contribution in [-0.2, 0) is 28.7 Å². The molecule has 4 atom stereocenters. The van der Waals surface area contributed by atoms with E-state index in [0.29, 0.717) is 18.4 Å². The normalized spacial score (nSPS) is 15.2. The molecule has 35 heavy (non-hydrogen) atoms. The number of hydrogen-bond donors (Lipinski definition) is 1. The molecule has 0 bridgehead atoms. The van der Waals surface area contributed by atoms with Crippen LogP contribution in [0.2, 0.25) is 0 Å². The highest BCUT2D eigenvalue weighted by molar-refractivity contribution is 5.84. The standard InChI is InChI=1S/C26H39NO8/c1-8-11-16(4)23(29)33-21-14-13-19(15-22(21)34-24(30)17(5)12-9-2)20(10-3)26(27,25(31)32-7)35-18(6)28/h13-17,20H,8-12,27H2,1-7H3/t16?,17?,20?,26-/m0/s1. The molecule has 0 spiro atoms. The number of rotatable bonds is 13. The van der Waals surface area contributed by atoms with Crippen molar-refractivity contribution in [3.8, 4) is 11.5 Å². The Balaban J connectivity index is 3.52. The van der Waals surface area contributed by atoms with Crippen LogP contribution in [0.5, 0.6) is 11.5 Å². The van der Waals surface area contributed by atoms with Crippen molar-refractivity contribution >= 4 is 23.9 Å². The SMILES string of the molecule is CCCC(C)C(=O)Oc1ccc(C(CC)[C@](N)(OC(C)=O)C(=O)OC)cc1OC(=O)C(C)CCC. The lowest BCUT2D eigenvalue weighted by Gasteiger charge is -2.33. The van der Waals surface area contributed by atoms with E-state index in [1.54, 1.807) is 26.8 Å². The van der Waals surface area contributed by atoms with Gasteiger partial charge >= 0.3 is 23.9 Å². The highest BCUT2D eigenvalue weighted by Crippen LogP contribution is 2.38. The van der Waals surface area contributed by atoms with E-state index in [9.17, 15) is 19.2 Å². The van der Waals surface area contributed by atoms with Gasteiger partial charge in [0.05, 0.1) is 18.9 Å². The second-order valence-electron chi connectivity index (χ2n) is 8.77. The summed E-state index contributed by atoms with van der Waals surface area (Å²) in [4.78, 5) is 49.5. The Bertz CT molecular complexity index is 899. The molecule has 0 heterocycles. The zero-order valence-electron chi connectivity index (χ0n) is 21.8. The zero-order chi connectivity index (χ0) is 26.8. The summed E-state index contributed by atoms with van der Waals surface area (Å²) in [6.07, 6.45) is 3.16. The number of carbonyl (C=O) groups is 4. The van der Waals surface area contributed by atoms with Gasteiger partial charge in [0.25, 0.3) is 5.72 Å². The maximum atomic E-state index is 12.7. The Labute approximate surface area is 207 Å². The lowest BCUT2D eigenvalue weighted by Crippen LogP contribution is -2.56. The van der Waals surface area contributed by atoms with Crippen molar-refractivity contribution in [3.63, 3.8) is 0 Å². The van der Waals surface area contributed by atoms with Gasteiger partial charge in [-0.1, -0.05) is 53.5 Å². The van der Waals surface area contributed by atoms with E-state index in [0.717, 1.165) is 26.9 Å². The summed E-state index contributed by atoms with van der Waals surface area (Å²) >= 11 is 0. The van der Waals surface area contributed by atoms with Crippen LogP contribution in [0.3, 0.4) is 0 Å². The molecular weight excluding hydrogens is 454 g/mol. The molecule has 1 rings (SSSR count). The first-order valence-electron chi connectivity index (χ1n) is 12.1. The molecule has 0 amide bonds. The molecule has 0 saturated heterocycles. The minimum absolute atomic E-state index is 0.0148. The number of esters is 4. The molecular formula is C26H39NO8. The third-order valence-electron chi connectivity index (χ3n) is 5.78. The molecule has 0 radical (unpaired) electrons. The van der Waals surface area contributed by atoms with Gasteiger partial charge in [0.2, 0.25) is 0 Å². The fourth-order valence-electron chi connectivity index (χ4n) is 3.86. The highest BCUT2D eigenvalue weighted by atomic mass is 16.6. The van der Waals surface area contributed by atoms with Crippen LogP contribution in [0.25, 0.3) is 0 Å². The van der Waals surface area contributed by atoms with Crippen molar-refractivity contribution in [1.82, 2.24) is 0 Å². The first-order valence-corrected chi connectivity index (χ1v) is 12.1. The molecule has 0 aliphatic carbocycles. The van der Waals surface area contributed by atoms with Crippen LogP contribution in [0.4, 0.5) is 0 Å². The molecule has 0 aliphatic heterocycles. The monoisotopic (exact) mass is 493 g/mol. The summed E-state index contributed by atoms with van der Waals surface area (Å²) < 4.78 is 21.2. The van der Waals surface area contributed by atoms with Gasteiger partial charge < -0.3 is 18.9 Å². The quantitative estimate of drug-likeness (QED) is 0.243. The summed E-state index contributed by atoms with van der Waals surface area (Å²) in [7, 11) is 1.14. The lowest BCUT2D eigenvalue weighted by atomic mass is 9.86. The molecule has 1 aromatic rings. The molecule has 0 aromatic heterocycles. The van der Waals surface area contributed by atoms with Crippen LogP contribution in [0.15, 0.2) is 18.2 Å². The zero-order valence-corrected chi connectivity index (χ0v) is 21.8. The van der Waals surface area contributed by atoms with Crippen molar-refractivity contribution in [2.24, 2.45) is 17.6 Å². The first kappa shape index (κ1) is 30.1. The van der Waals surface area contributed by atoms with Gasteiger partial charge in [-0.15, -0.1) is 0 Å². The summed E-state index contributed by atoms with van der Waals surface area (Å²) in [6, 6.07) is 4.54. The number of benzene rings is 1. The molecule has 0 saturated carbocycles. The Morgan fingerprint density at radius 3 is 1.86 bits per heavy atom. The Morgan fingerprint density at radius 2 is 1.43 bits per heavy atom. The summed E-state index contributed by atoms with van der Waals surface area (Å²) in [5, 5.41) is 0. The van der Waals surface area contributed by atoms with E-state index in [1.807, 2.05) is 13.8 Å². The first-order chi connectivity index (χ1) is 16.4. The fraction of sp³-hybridized carbons (Fsp3) is 0.615. The predicted molar refractivity (Wildman–Crippen MR) is 130 cm³/mol. The van der Waals surface area contributed by atoms with Gasteiger partial charge in [0.1, 0.15) is 0 Å². The van der Waals surface area contributed by atoms with Crippen molar-refractivity contribution < 1.29 is 38.1 Å². The summed E-state index contributed by atoms with van der Waals surface area (Å²) in [6.45, 7) is 10.3. The van der Waals surface area contributed by atoms with E-state index in [-0.39, 0.29) is 29.8 Å². The average molecular weight is 494 g/mol. The minimum Gasteiger partial charge on any atom is -0.465 e. The minimum atomic E-state index is -2.11. The van der Waals surface area contributed by atoms with Crippen LogP contribution >= 0.6 is 0 Å². The fourth-order valence-corrected chi connectivity index (χ4v) is 3.86. The summed E-state index contributed by atoms with van der Waals surface area (Å²) in [5.74, 6) is -4.10. The molecule has 3 unspecified atom stereocenters. The van der Waals surface area contributed by atoms with E-state index in [4.69, 9.17) is 24.7 Å². The molecule has 0 aliphatic rings. The van der Waals surface area contributed by atoms with E-state index < -0.39 is 35.5 Å². The van der Waals surface area contributed by atoms with Crippen LogP contribution in [0, 0.1) is 11.8 Å². The van der Waals surface area contributed by atoms with Crippen molar-refractivity contribution in [1.29, 1.82) is 0 Å². The van der Waals surface area contributed by atoms with Gasteiger partial charge in [0, 0.05) is 12.8 Å². The van der Waals surface area contributed by atoms with E-state index >= 15 is 0 Å². The molecule has 2 N–H and O–H groups in total. The molecule has 9 heteroatoms. The average Bonchev–Trinajstić information content (AvgIpc) is 2.80. The number of methoxy groups -OCH3 is 1. The molecule has 9 nitrogen and oxygen atoms in total. The maximum Gasteiger partial charge on any atom is 0.366 e. The largest absolute Gasteiger partial charge is 0.465 e. The number of ether oxygens (including phenoxy) is 4. The van der Waals surface area contributed by atoms with Crippen molar-refractivity contribution in [2.75, 3.05) is 7.11 Å². The van der Waals surface area contributed by atoms with E-state index in [1.165, 1.54) is 12.1 Å². The highest BCUT2D eigenvalue weighted by Gasteiger charge is 2.47. The second-order valence-corrected chi connectivity index (χ2v) is 8.77. The van der Waals surface area contributed by atoms with Gasteiger partial charge in [0.15, 0.2) is 11.5 Å². The lowest BCUT2D eigenvalue weighted by molar-refractivity contribution is -0.182. The van der Waals surface area contributed by atoms with Crippen LogP contribution in [-0.4, -0.2) is 36.7 Å². The predicted octanol–water partition coefficient (Wildman–Crippen LogP) is 4.25. The third-order valence-corrected chi connectivity index (χ3v) is 5.78. The van der Waals surface area contributed by atoms with Gasteiger partial charge in [-0.25, -0.2) is 4.79 Å².